The predicted octanol–water partition coefficient (Wildman–Crippen LogP) is 3.28. The van der Waals surface area contributed by atoms with Crippen LogP contribution in [-0.4, -0.2) is 27.1 Å². The summed E-state index contributed by atoms with van der Waals surface area (Å²) in [6.45, 7) is 1.77. The molecule has 0 aliphatic heterocycles. The van der Waals surface area contributed by atoms with Crippen LogP contribution in [0.15, 0.2) is 54.9 Å². The van der Waals surface area contributed by atoms with E-state index in [1.165, 1.54) is 6.20 Å². The zero-order valence-corrected chi connectivity index (χ0v) is 13.8. The Bertz CT molecular complexity index is 705. The van der Waals surface area contributed by atoms with E-state index in [4.69, 9.17) is 0 Å². The Labute approximate surface area is 135 Å². The van der Waals surface area contributed by atoms with Crippen molar-refractivity contribution in [3.8, 4) is 0 Å². The van der Waals surface area contributed by atoms with Gasteiger partial charge < -0.3 is 10.00 Å². The van der Waals surface area contributed by atoms with Crippen LogP contribution in [0.3, 0.4) is 0 Å². The van der Waals surface area contributed by atoms with Crippen LogP contribution in [0.5, 0.6) is 0 Å². The Morgan fingerprint density at radius 2 is 1.91 bits per heavy atom. The highest BCUT2D eigenvalue weighted by Gasteiger charge is 2.54. The quantitative estimate of drug-likeness (QED) is 0.759. The van der Waals surface area contributed by atoms with Crippen molar-refractivity contribution in [3.63, 3.8) is 0 Å². The lowest BCUT2D eigenvalue weighted by molar-refractivity contribution is -0.140. The lowest BCUT2D eigenvalue weighted by Gasteiger charge is -2.34. The summed E-state index contributed by atoms with van der Waals surface area (Å²) >= 11 is 0. The van der Waals surface area contributed by atoms with Crippen molar-refractivity contribution in [1.82, 2.24) is 4.98 Å². The fourth-order valence-corrected chi connectivity index (χ4v) is 5.05. The third kappa shape index (κ3) is 3.36. The number of carboxylic acid groups (broad SMARTS) is 1. The zero-order chi connectivity index (χ0) is 16.9. The summed E-state index contributed by atoms with van der Waals surface area (Å²) in [5.41, 5.74) is 0.958. The predicted molar refractivity (Wildman–Crippen MR) is 88.7 cm³/mol. The molecule has 0 amide bonds. The molecule has 1 heterocycles. The molecule has 0 radical (unpaired) electrons. The average Bonchev–Trinajstić information content (AvgIpc) is 2.54. The molecule has 0 saturated heterocycles. The summed E-state index contributed by atoms with van der Waals surface area (Å²) in [7, 11) is -4.00. The van der Waals surface area contributed by atoms with Crippen molar-refractivity contribution in [2.75, 3.05) is 6.16 Å². The zero-order valence-electron chi connectivity index (χ0n) is 12.9. The van der Waals surface area contributed by atoms with Gasteiger partial charge in [-0.1, -0.05) is 43.3 Å². The number of pyridine rings is 1. The van der Waals surface area contributed by atoms with Gasteiger partial charge in [0, 0.05) is 25.0 Å². The van der Waals surface area contributed by atoms with Gasteiger partial charge in [0.15, 0.2) is 5.16 Å². The monoisotopic (exact) mass is 333 g/mol. The second-order valence-electron chi connectivity index (χ2n) is 5.49. The van der Waals surface area contributed by atoms with Gasteiger partial charge in [-0.25, -0.2) is 0 Å². The molecule has 0 spiro atoms. The highest BCUT2D eigenvalue weighted by atomic mass is 31.2. The number of nitrogens with zero attached hydrogens (tertiary/aromatic N) is 1. The van der Waals surface area contributed by atoms with Crippen LogP contribution in [0.25, 0.3) is 0 Å². The first-order chi connectivity index (χ1) is 10.9. The molecule has 0 fully saturated rings. The van der Waals surface area contributed by atoms with Gasteiger partial charge in [-0.15, -0.1) is 0 Å². The summed E-state index contributed by atoms with van der Waals surface area (Å²) in [5, 5.41) is 8.08. The molecule has 5 nitrogen and oxygen atoms in total. The Balaban J connectivity index is 2.65. The van der Waals surface area contributed by atoms with Gasteiger partial charge in [0.05, 0.1) is 0 Å². The minimum atomic E-state index is -4.00. The number of hydrogen-bond donors (Lipinski definition) is 2. The van der Waals surface area contributed by atoms with Gasteiger partial charge in [-0.3, -0.25) is 14.3 Å². The molecule has 0 saturated carbocycles. The van der Waals surface area contributed by atoms with E-state index in [9.17, 15) is 19.4 Å². The molecule has 122 valence electrons. The van der Waals surface area contributed by atoms with E-state index in [1.54, 1.807) is 55.6 Å². The third-order valence-electron chi connectivity index (χ3n) is 3.91. The molecule has 23 heavy (non-hydrogen) atoms. The molecular weight excluding hydrogens is 313 g/mol. The van der Waals surface area contributed by atoms with Crippen LogP contribution in [0.2, 0.25) is 0 Å². The number of carboxylic acids is 1. The molecule has 2 atom stereocenters. The number of aliphatic carboxylic acids is 1. The number of hydrogen-bond acceptors (Lipinski definition) is 3. The van der Waals surface area contributed by atoms with E-state index in [-0.39, 0.29) is 12.6 Å². The Morgan fingerprint density at radius 1 is 1.22 bits per heavy atom. The fraction of sp³-hybridized carbons (Fsp3) is 0.294. The SMILES string of the molecule is CCCP(=O)(O)C(Cc1cccnc1)(C(=O)O)c1ccccc1. The van der Waals surface area contributed by atoms with Crippen LogP contribution >= 0.6 is 7.37 Å². The Morgan fingerprint density at radius 3 is 2.43 bits per heavy atom. The van der Waals surface area contributed by atoms with E-state index < -0.39 is 18.5 Å². The van der Waals surface area contributed by atoms with Crippen molar-refractivity contribution in [1.29, 1.82) is 0 Å². The van der Waals surface area contributed by atoms with E-state index in [0.29, 0.717) is 17.5 Å². The van der Waals surface area contributed by atoms with Crippen LogP contribution in [0.4, 0.5) is 0 Å². The van der Waals surface area contributed by atoms with Crippen molar-refractivity contribution in [3.05, 3.63) is 66.0 Å². The lowest BCUT2D eigenvalue weighted by atomic mass is 9.91. The minimum absolute atomic E-state index is 0.0472. The normalized spacial score (nSPS) is 16.3. The fourth-order valence-electron chi connectivity index (χ4n) is 2.78. The molecular formula is C17H20NO4P. The van der Waals surface area contributed by atoms with Gasteiger partial charge in [0.2, 0.25) is 7.37 Å². The van der Waals surface area contributed by atoms with Crippen LogP contribution in [0.1, 0.15) is 24.5 Å². The van der Waals surface area contributed by atoms with Gasteiger partial charge in [0.1, 0.15) is 0 Å². The molecule has 0 aliphatic rings. The Hall–Kier alpha value is -1.97. The van der Waals surface area contributed by atoms with Crippen molar-refractivity contribution in [2.24, 2.45) is 0 Å². The lowest BCUT2D eigenvalue weighted by Crippen LogP contribution is -2.39. The van der Waals surface area contributed by atoms with E-state index in [2.05, 4.69) is 4.98 Å². The van der Waals surface area contributed by atoms with Crippen LogP contribution < -0.4 is 0 Å². The first-order valence-electron chi connectivity index (χ1n) is 7.44. The molecule has 2 aromatic rings. The molecule has 1 aromatic carbocycles. The highest BCUT2D eigenvalue weighted by molar-refractivity contribution is 7.60. The summed E-state index contributed by atoms with van der Waals surface area (Å²) in [4.78, 5) is 26.8. The van der Waals surface area contributed by atoms with Crippen LogP contribution in [0, 0.1) is 0 Å². The highest BCUT2D eigenvalue weighted by Crippen LogP contribution is 2.62. The number of aromatic nitrogens is 1. The van der Waals surface area contributed by atoms with Gasteiger partial charge in [-0.05, 0) is 23.6 Å². The Kier molecular flexibility index (Phi) is 5.34. The molecule has 0 aliphatic carbocycles. The van der Waals surface area contributed by atoms with Crippen molar-refractivity contribution >= 4 is 13.3 Å². The second-order valence-corrected chi connectivity index (χ2v) is 8.11. The van der Waals surface area contributed by atoms with Crippen LogP contribution in [-0.2, 0) is 20.9 Å². The second kappa shape index (κ2) is 7.07. The van der Waals surface area contributed by atoms with Crippen molar-refractivity contribution in [2.45, 2.75) is 24.9 Å². The maximum Gasteiger partial charge on any atom is 0.324 e. The summed E-state index contributed by atoms with van der Waals surface area (Å²) in [6.07, 6.45) is 3.43. The number of benzene rings is 1. The maximum atomic E-state index is 13.0. The van der Waals surface area contributed by atoms with E-state index >= 15 is 0 Å². The van der Waals surface area contributed by atoms with Crippen molar-refractivity contribution < 1.29 is 19.4 Å². The molecule has 0 bridgehead atoms. The first kappa shape index (κ1) is 17.4. The maximum absolute atomic E-state index is 13.0. The molecule has 6 heteroatoms. The largest absolute Gasteiger partial charge is 0.480 e. The average molecular weight is 333 g/mol. The van der Waals surface area contributed by atoms with Gasteiger partial charge in [-0.2, -0.15) is 0 Å². The molecule has 1 aromatic heterocycles. The third-order valence-corrected chi connectivity index (χ3v) is 6.76. The first-order valence-corrected chi connectivity index (χ1v) is 9.28. The van der Waals surface area contributed by atoms with Gasteiger partial charge >= 0.3 is 5.97 Å². The summed E-state index contributed by atoms with van der Waals surface area (Å²) in [6, 6.07) is 11.7. The standard InChI is InChI=1S/C17H20NO4P/c1-2-11-23(21,22)17(16(19)20,15-8-4-3-5-9-15)12-14-7-6-10-18-13-14/h3-10,13H,2,11-12H2,1H3,(H,19,20)(H,21,22). The summed E-state index contributed by atoms with van der Waals surface area (Å²) in [5.74, 6) is -1.29. The number of carbonyl (C=O) groups is 1. The smallest absolute Gasteiger partial charge is 0.324 e. The van der Waals surface area contributed by atoms with E-state index in [1.807, 2.05) is 0 Å². The topological polar surface area (TPSA) is 87.5 Å². The summed E-state index contributed by atoms with van der Waals surface area (Å²) < 4.78 is 13.0. The molecule has 2 rings (SSSR count). The number of rotatable bonds is 7. The molecule has 2 unspecified atom stereocenters. The minimum Gasteiger partial charge on any atom is -0.480 e. The van der Waals surface area contributed by atoms with Gasteiger partial charge in [0.25, 0.3) is 0 Å². The molecule has 2 N–H and O–H groups in total. The van der Waals surface area contributed by atoms with E-state index in [0.717, 1.165) is 0 Å².